The van der Waals surface area contributed by atoms with Crippen molar-refractivity contribution in [2.24, 2.45) is 0 Å². The fraction of sp³-hybridized carbons (Fsp3) is 0.455. The molecule has 0 spiro atoms. The molecule has 0 amide bonds. The molecule has 7 heteroatoms. The Kier molecular flexibility index (Phi) is 7.16. The maximum Gasteiger partial charge on any atom is 0.488 e. The van der Waals surface area contributed by atoms with Gasteiger partial charge in [0.15, 0.2) is 0 Å². The summed E-state index contributed by atoms with van der Waals surface area (Å²) >= 11 is 0. The topological polar surface area (TPSA) is 62.2 Å². The van der Waals surface area contributed by atoms with Crippen molar-refractivity contribution in [2.45, 2.75) is 6.54 Å². The average Bonchev–Trinajstić information content (AvgIpc) is 2.28. The summed E-state index contributed by atoms with van der Waals surface area (Å²) in [4.78, 5) is 1.98. The highest BCUT2D eigenvalue weighted by atomic mass is 32.1. The number of hydrogen-bond donors (Lipinski definition) is 2. The first-order chi connectivity index (χ1) is 7.99. The highest BCUT2D eigenvalue weighted by Gasteiger charge is 2.19. The molecular weight excluding hydrogens is 253 g/mol. The van der Waals surface area contributed by atoms with Crippen molar-refractivity contribution in [1.29, 1.82) is 0 Å². The highest BCUT2D eigenvalue weighted by molar-refractivity contribution is 7.59. The van der Waals surface area contributed by atoms with Crippen LogP contribution in [0.15, 0.2) is 12.1 Å². The summed E-state index contributed by atoms with van der Waals surface area (Å²) in [7, 11) is 5.43. The maximum atomic E-state index is 9.17. The summed E-state index contributed by atoms with van der Waals surface area (Å²) in [6.45, 7) is 0.647. The van der Waals surface area contributed by atoms with E-state index in [9.17, 15) is 10.0 Å². The Labute approximate surface area is 115 Å². The van der Waals surface area contributed by atoms with Crippen molar-refractivity contribution in [3.05, 3.63) is 17.7 Å². The monoisotopic (exact) mass is 273 g/mol. The highest BCUT2D eigenvalue weighted by Crippen LogP contribution is 2.28. The lowest BCUT2D eigenvalue weighted by Gasteiger charge is -2.18. The molecule has 2 N–H and O–H groups in total. The first-order valence-electron chi connectivity index (χ1n) is 5.25. The Balaban J connectivity index is 0.00000289. The van der Waals surface area contributed by atoms with Crippen LogP contribution in [0.3, 0.4) is 0 Å². The fourth-order valence-corrected chi connectivity index (χ4v) is 1.63. The lowest BCUT2D eigenvalue weighted by molar-refractivity contribution is 0.348. The summed E-state index contributed by atoms with van der Waals surface area (Å²) in [5.41, 5.74) is 1.23. The summed E-state index contributed by atoms with van der Waals surface area (Å²) < 4.78 is 10.5. The summed E-state index contributed by atoms with van der Waals surface area (Å²) in [6, 6.07) is 3.21. The molecule has 1 aromatic carbocycles. The zero-order chi connectivity index (χ0) is 13.0. The molecule has 5 nitrogen and oxygen atoms in total. The van der Waals surface area contributed by atoms with E-state index in [1.807, 2.05) is 19.0 Å². The van der Waals surface area contributed by atoms with Crippen LogP contribution in [0.2, 0.25) is 0 Å². The minimum absolute atomic E-state index is 0. The second-order valence-corrected chi connectivity index (χ2v) is 4.02. The summed E-state index contributed by atoms with van der Waals surface area (Å²) in [6.07, 6.45) is 0. The van der Waals surface area contributed by atoms with Crippen molar-refractivity contribution >= 4 is 26.1 Å². The van der Waals surface area contributed by atoms with Gasteiger partial charge in [0.25, 0.3) is 0 Å². The van der Waals surface area contributed by atoms with Crippen molar-refractivity contribution in [1.82, 2.24) is 4.90 Å². The van der Waals surface area contributed by atoms with Crippen LogP contribution in [0.1, 0.15) is 5.56 Å². The molecule has 0 aliphatic rings. The van der Waals surface area contributed by atoms with Gasteiger partial charge in [-0.15, -0.1) is 0 Å². The standard InChI is InChI=1S/C11H18BNO4.H2S/c1-13(2)7-9-10(16-3)5-8(12(14)15)6-11(9)17-4;/h5-6,14-15H,7H2,1-4H3;1H2. The molecule has 0 aliphatic carbocycles. The molecule has 0 aliphatic heterocycles. The molecule has 18 heavy (non-hydrogen) atoms. The average molecular weight is 273 g/mol. The summed E-state index contributed by atoms with van der Waals surface area (Å²) in [5.74, 6) is 1.17. The van der Waals surface area contributed by atoms with E-state index in [1.54, 1.807) is 26.4 Å². The fourth-order valence-electron chi connectivity index (χ4n) is 1.63. The van der Waals surface area contributed by atoms with Crippen molar-refractivity contribution in [3.63, 3.8) is 0 Å². The van der Waals surface area contributed by atoms with Crippen LogP contribution >= 0.6 is 13.5 Å². The Morgan fingerprint density at radius 3 is 1.83 bits per heavy atom. The summed E-state index contributed by atoms with van der Waals surface area (Å²) in [5, 5.41) is 18.3. The Morgan fingerprint density at radius 1 is 1.11 bits per heavy atom. The zero-order valence-corrected chi connectivity index (χ0v) is 12.1. The van der Waals surface area contributed by atoms with Crippen LogP contribution in [0.5, 0.6) is 11.5 Å². The van der Waals surface area contributed by atoms with E-state index in [4.69, 9.17) is 9.47 Å². The van der Waals surface area contributed by atoms with Gasteiger partial charge in [-0.3, -0.25) is 0 Å². The van der Waals surface area contributed by atoms with E-state index in [1.165, 1.54) is 0 Å². The number of ether oxygens (including phenoxy) is 2. The maximum absolute atomic E-state index is 9.17. The van der Waals surface area contributed by atoms with Crippen LogP contribution < -0.4 is 14.9 Å². The van der Waals surface area contributed by atoms with Crippen molar-refractivity contribution in [2.75, 3.05) is 28.3 Å². The predicted molar refractivity (Wildman–Crippen MR) is 77.1 cm³/mol. The van der Waals surface area contributed by atoms with Gasteiger partial charge in [0.1, 0.15) is 11.5 Å². The molecule has 1 rings (SSSR count). The molecule has 0 unspecified atom stereocenters. The second-order valence-electron chi connectivity index (χ2n) is 4.02. The SMILES string of the molecule is COc1cc(B(O)O)cc(OC)c1CN(C)C.S. The number of nitrogens with zero attached hydrogens (tertiary/aromatic N) is 1. The Hall–Kier alpha value is -0.885. The number of methoxy groups -OCH3 is 2. The van der Waals surface area contributed by atoms with Crippen LogP contribution in [-0.2, 0) is 6.54 Å². The lowest BCUT2D eigenvalue weighted by Crippen LogP contribution is -2.30. The van der Waals surface area contributed by atoms with Crippen molar-refractivity contribution in [3.8, 4) is 11.5 Å². The van der Waals surface area contributed by atoms with Gasteiger partial charge >= 0.3 is 7.12 Å². The zero-order valence-electron chi connectivity index (χ0n) is 11.1. The van der Waals surface area contributed by atoms with E-state index in [0.717, 1.165) is 5.56 Å². The molecule has 0 atom stereocenters. The minimum Gasteiger partial charge on any atom is -0.496 e. The quantitative estimate of drug-likeness (QED) is 0.712. The molecule has 0 saturated carbocycles. The van der Waals surface area contributed by atoms with Crippen molar-refractivity contribution < 1.29 is 19.5 Å². The smallest absolute Gasteiger partial charge is 0.488 e. The first-order valence-corrected chi connectivity index (χ1v) is 5.25. The van der Waals surface area contributed by atoms with Gasteiger partial charge < -0.3 is 24.4 Å². The molecule has 0 bridgehead atoms. The molecule has 0 aromatic heterocycles. The van der Waals surface area contributed by atoms with Gasteiger partial charge in [-0.25, -0.2) is 0 Å². The number of rotatable bonds is 5. The molecule has 0 heterocycles. The van der Waals surface area contributed by atoms with Crippen LogP contribution in [0.4, 0.5) is 0 Å². The minimum atomic E-state index is -1.54. The van der Waals surface area contributed by atoms with Crippen LogP contribution in [0.25, 0.3) is 0 Å². The molecule has 102 valence electrons. The second kappa shape index (κ2) is 7.53. The number of hydrogen-bond acceptors (Lipinski definition) is 5. The van der Waals surface area contributed by atoms with Crippen LogP contribution in [-0.4, -0.2) is 50.4 Å². The predicted octanol–water partition coefficient (Wildman–Crippen LogP) is -0.442. The van der Waals surface area contributed by atoms with Gasteiger partial charge in [-0.1, -0.05) is 0 Å². The first kappa shape index (κ1) is 17.1. The Bertz CT molecular complexity index is 362. The number of benzene rings is 1. The third kappa shape index (κ3) is 4.10. The molecule has 0 radical (unpaired) electrons. The molecule has 0 saturated heterocycles. The third-order valence-corrected chi connectivity index (χ3v) is 2.40. The van der Waals surface area contributed by atoms with E-state index in [-0.39, 0.29) is 13.5 Å². The normalized spacial score (nSPS) is 9.94. The van der Waals surface area contributed by atoms with E-state index < -0.39 is 7.12 Å². The molecular formula is C11H20BNO4S. The third-order valence-electron chi connectivity index (χ3n) is 2.40. The van der Waals surface area contributed by atoms with E-state index in [0.29, 0.717) is 23.5 Å². The van der Waals surface area contributed by atoms with Gasteiger partial charge in [-0.05, 0) is 31.7 Å². The molecule has 0 fully saturated rings. The lowest BCUT2D eigenvalue weighted by atomic mass is 9.79. The van der Waals surface area contributed by atoms with Gasteiger partial charge in [0, 0.05) is 6.54 Å². The van der Waals surface area contributed by atoms with Gasteiger partial charge in [0.05, 0.1) is 19.8 Å². The van der Waals surface area contributed by atoms with E-state index in [2.05, 4.69) is 0 Å². The van der Waals surface area contributed by atoms with E-state index >= 15 is 0 Å². The van der Waals surface area contributed by atoms with Gasteiger partial charge in [0.2, 0.25) is 0 Å². The largest absolute Gasteiger partial charge is 0.496 e. The molecule has 1 aromatic rings. The van der Waals surface area contributed by atoms with Crippen LogP contribution in [0, 0.1) is 0 Å². The van der Waals surface area contributed by atoms with Gasteiger partial charge in [-0.2, -0.15) is 13.5 Å². The Morgan fingerprint density at radius 2 is 1.56 bits per heavy atom.